The van der Waals surface area contributed by atoms with E-state index in [4.69, 9.17) is 4.74 Å². The normalized spacial score (nSPS) is 31.2. The second kappa shape index (κ2) is 4.72. The van der Waals surface area contributed by atoms with Gasteiger partial charge in [-0.3, -0.25) is 4.79 Å². The van der Waals surface area contributed by atoms with E-state index in [1.807, 2.05) is 0 Å². The number of carbonyl (C=O) groups excluding carboxylic acids is 2. The average molecular weight is 227 g/mol. The van der Waals surface area contributed by atoms with Gasteiger partial charge in [-0.25, -0.2) is 4.79 Å². The molecule has 2 saturated carbocycles. The van der Waals surface area contributed by atoms with Crippen molar-refractivity contribution >= 4 is 12.1 Å². The van der Waals surface area contributed by atoms with Gasteiger partial charge in [-0.1, -0.05) is 0 Å². The molecule has 1 amide bonds. The number of hydrogen-bond donors (Lipinski definition) is 1. The van der Waals surface area contributed by atoms with E-state index in [1.54, 1.807) is 0 Å². The van der Waals surface area contributed by atoms with Crippen LogP contribution in [0.5, 0.6) is 0 Å². The largest absolute Gasteiger partial charge is 0.461 e. The zero-order chi connectivity index (χ0) is 11.5. The summed E-state index contributed by atoms with van der Waals surface area (Å²) >= 11 is 0. The standard InChI is InChI=1S/C11H17NO4/c1-15-11(14)12-6-10(13)16-9-5-7-2-3-8(9)4-7/h7-9H,2-6H2,1H3,(H,12,14)/t7-,8-,9-/m0/s1. The average Bonchev–Trinajstić information content (AvgIpc) is 2.87. The number of methoxy groups -OCH3 is 1. The maximum atomic E-state index is 11.4. The molecule has 0 aromatic carbocycles. The summed E-state index contributed by atoms with van der Waals surface area (Å²) in [6, 6.07) is 0. The second-order valence-electron chi connectivity index (χ2n) is 4.55. The molecule has 0 unspecified atom stereocenters. The summed E-state index contributed by atoms with van der Waals surface area (Å²) in [5.41, 5.74) is 0. The summed E-state index contributed by atoms with van der Waals surface area (Å²) in [5.74, 6) is 0.923. The first-order valence-electron chi connectivity index (χ1n) is 5.70. The van der Waals surface area contributed by atoms with Crippen LogP contribution in [0.2, 0.25) is 0 Å². The second-order valence-corrected chi connectivity index (χ2v) is 4.55. The van der Waals surface area contributed by atoms with E-state index in [-0.39, 0.29) is 18.6 Å². The zero-order valence-corrected chi connectivity index (χ0v) is 9.40. The van der Waals surface area contributed by atoms with E-state index in [0.29, 0.717) is 5.92 Å². The minimum atomic E-state index is -0.607. The molecule has 0 aromatic heterocycles. The molecule has 2 bridgehead atoms. The Morgan fingerprint density at radius 2 is 2.12 bits per heavy atom. The van der Waals surface area contributed by atoms with Crippen molar-refractivity contribution < 1.29 is 19.1 Å². The summed E-state index contributed by atoms with van der Waals surface area (Å²) in [6.07, 6.45) is 4.11. The van der Waals surface area contributed by atoms with Gasteiger partial charge in [0.1, 0.15) is 12.6 Å². The summed E-state index contributed by atoms with van der Waals surface area (Å²) in [5, 5.41) is 2.31. The summed E-state index contributed by atoms with van der Waals surface area (Å²) in [6.45, 7) is -0.111. The monoisotopic (exact) mass is 227 g/mol. The molecule has 0 radical (unpaired) electrons. The Bertz CT molecular complexity index is 292. The number of ether oxygens (including phenoxy) is 2. The lowest BCUT2D eigenvalue weighted by Crippen LogP contribution is -2.33. The van der Waals surface area contributed by atoms with Crippen molar-refractivity contribution in [2.24, 2.45) is 11.8 Å². The Labute approximate surface area is 94.5 Å². The number of rotatable bonds is 3. The Morgan fingerprint density at radius 3 is 2.69 bits per heavy atom. The molecule has 3 atom stereocenters. The fourth-order valence-electron chi connectivity index (χ4n) is 2.76. The minimum absolute atomic E-state index is 0.0747. The minimum Gasteiger partial charge on any atom is -0.461 e. The first-order valence-corrected chi connectivity index (χ1v) is 5.70. The molecule has 16 heavy (non-hydrogen) atoms. The number of fused-ring (bicyclic) bond motifs is 2. The van der Waals surface area contributed by atoms with Crippen LogP contribution in [0.1, 0.15) is 25.7 Å². The molecule has 5 nitrogen and oxygen atoms in total. The predicted octanol–water partition coefficient (Wildman–Crippen LogP) is 1.07. The quantitative estimate of drug-likeness (QED) is 0.732. The van der Waals surface area contributed by atoms with Crippen molar-refractivity contribution in [3.8, 4) is 0 Å². The number of carbonyl (C=O) groups is 2. The van der Waals surface area contributed by atoms with Crippen molar-refractivity contribution in [3.63, 3.8) is 0 Å². The van der Waals surface area contributed by atoms with Crippen LogP contribution in [0, 0.1) is 11.8 Å². The Hall–Kier alpha value is -1.26. The number of alkyl carbamates (subject to hydrolysis) is 1. The Balaban J connectivity index is 1.69. The smallest absolute Gasteiger partial charge is 0.407 e. The summed E-state index contributed by atoms with van der Waals surface area (Å²) in [4.78, 5) is 22.1. The maximum Gasteiger partial charge on any atom is 0.407 e. The number of hydrogen-bond acceptors (Lipinski definition) is 4. The SMILES string of the molecule is COC(=O)NCC(=O)O[C@H]1C[C@H]2CC[C@H]1C2. The molecule has 2 aliphatic carbocycles. The highest BCUT2D eigenvalue weighted by Crippen LogP contribution is 2.45. The van der Waals surface area contributed by atoms with Gasteiger partial charge in [0, 0.05) is 0 Å². The van der Waals surface area contributed by atoms with E-state index in [0.717, 1.165) is 12.3 Å². The molecule has 2 aliphatic rings. The van der Waals surface area contributed by atoms with Gasteiger partial charge in [-0.05, 0) is 37.5 Å². The van der Waals surface area contributed by atoms with Crippen LogP contribution in [0.25, 0.3) is 0 Å². The van der Waals surface area contributed by atoms with Gasteiger partial charge in [0.25, 0.3) is 0 Å². The van der Waals surface area contributed by atoms with Crippen LogP contribution in [0.15, 0.2) is 0 Å². The molecule has 0 aromatic rings. The van der Waals surface area contributed by atoms with Gasteiger partial charge in [-0.2, -0.15) is 0 Å². The zero-order valence-electron chi connectivity index (χ0n) is 9.40. The maximum absolute atomic E-state index is 11.4. The van der Waals surface area contributed by atoms with Crippen LogP contribution in [-0.4, -0.2) is 31.8 Å². The van der Waals surface area contributed by atoms with Crippen molar-refractivity contribution in [2.45, 2.75) is 31.8 Å². The van der Waals surface area contributed by atoms with Crippen molar-refractivity contribution in [2.75, 3.05) is 13.7 Å². The van der Waals surface area contributed by atoms with Crippen molar-refractivity contribution in [1.29, 1.82) is 0 Å². The number of nitrogens with one attached hydrogen (secondary N) is 1. The van der Waals surface area contributed by atoms with Crippen molar-refractivity contribution in [3.05, 3.63) is 0 Å². The fraction of sp³-hybridized carbons (Fsp3) is 0.818. The third kappa shape index (κ3) is 2.46. The molecule has 0 aliphatic heterocycles. The fourth-order valence-corrected chi connectivity index (χ4v) is 2.76. The highest BCUT2D eigenvalue weighted by Gasteiger charge is 2.41. The van der Waals surface area contributed by atoms with E-state index in [2.05, 4.69) is 10.1 Å². The molecule has 5 heteroatoms. The Kier molecular flexibility index (Phi) is 3.31. The molecule has 1 N–H and O–H groups in total. The molecular weight excluding hydrogens is 210 g/mol. The molecule has 90 valence electrons. The van der Waals surface area contributed by atoms with Gasteiger partial charge in [0.05, 0.1) is 7.11 Å². The van der Waals surface area contributed by atoms with E-state index in [9.17, 15) is 9.59 Å². The first kappa shape index (κ1) is 11.2. The van der Waals surface area contributed by atoms with E-state index < -0.39 is 6.09 Å². The third-order valence-electron chi connectivity index (χ3n) is 3.52. The highest BCUT2D eigenvalue weighted by molar-refractivity contribution is 5.77. The topological polar surface area (TPSA) is 64.6 Å². The molecule has 2 rings (SSSR count). The van der Waals surface area contributed by atoms with Crippen molar-refractivity contribution in [1.82, 2.24) is 5.32 Å². The van der Waals surface area contributed by atoms with Gasteiger partial charge in [0.2, 0.25) is 0 Å². The Morgan fingerprint density at radius 1 is 1.31 bits per heavy atom. The molecule has 0 heterocycles. The summed E-state index contributed by atoms with van der Waals surface area (Å²) in [7, 11) is 1.26. The van der Waals surface area contributed by atoms with Gasteiger partial charge >= 0.3 is 12.1 Å². The highest BCUT2D eigenvalue weighted by atomic mass is 16.6. The summed E-state index contributed by atoms with van der Waals surface area (Å²) < 4.78 is 9.69. The van der Waals surface area contributed by atoms with Gasteiger partial charge < -0.3 is 14.8 Å². The van der Waals surface area contributed by atoms with E-state index in [1.165, 1.54) is 26.4 Å². The lowest BCUT2D eigenvalue weighted by Gasteiger charge is -2.21. The van der Waals surface area contributed by atoms with Crippen LogP contribution in [0.4, 0.5) is 4.79 Å². The first-order chi connectivity index (χ1) is 7.69. The lowest BCUT2D eigenvalue weighted by molar-refractivity contribution is -0.150. The number of amides is 1. The molecular formula is C11H17NO4. The van der Waals surface area contributed by atoms with Gasteiger partial charge in [-0.15, -0.1) is 0 Å². The van der Waals surface area contributed by atoms with Gasteiger partial charge in [0.15, 0.2) is 0 Å². The predicted molar refractivity (Wildman–Crippen MR) is 55.7 cm³/mol. The van der Waals surface area contributed by atoms with Crippen LogP contribution in [0.3, 0.4) is 0 Å². The lowest BCUT2D eigenvalue weighted by atomic mass is 9.98. The van der Waals surface area contributed by atoms with E-state index >= 15 is 0 Å². The molecule has 2 fully saturated rings. The van der Waals surface area contributed by atoms with Crippen LogP contribution < -0.4 is 5.32 Å². The van der Waals surface area contributed by atoms with Crippen LogP contribution >= 0.6 is 0 Å². The number of esters is 1. The third-order valence-corrected chi connectivity index (χ3v) is 3.52. The van der Waals surface area contributed by atoms with Crippen LogP contribution in [-0.2, 0) is 14.3 Å². The molecule has 0 spiro atoms. The molecule has 0 saturated heterocycles.